The molecular formula is C22H44N2O4Si. The molecule has 7 heteroatoms. The minimum atomic E-state index is -1.86. The fraction of sp³-hybridized carbons (Fsp3) is 0.909. The molecule has 0 spiro atoms. The molecule has 29 heavy (non-hydrogen) atoms. The molecule has 0 aromatic rings. The van der Waals surface area contributed by atoms with Crippen LogP contribution in [-0.4, -0.2) is 56.6 Å². The first-order valence-electron chi connectivity index (χ1n) is 11.0. The zero-order valence-corrected chi connectivity index (χ0v) is 21.2. The van der Waals surface area contributed by atoms with Gasteiger partial charge in [-0.25, -0.2) is 9.59 Å². The number of rotatable bonds is 9. The van der Waals surface area contributed by atoms with Gasteiger partial charge >= 0.3 is 12.0 Å². The Labute approximate surface area is 179 Å². The van der Waals surface area contributed by atoms with E-state index < -0.39 is 25.9 Å². The fourth-order valence-corrected chi connectivity index (χ4v) is 3.82. The number of carbonyl (C=O) groups excluding carboxylic acids is 2. The van der Waals surface area contributed by atoms with Gasteiger partial charge in [-0.05, 0) is 58.2 Å². The third-order valence-corrected chi connectivity index (χ3v) is 10.6. The van der Waals surface area contributed by atoms with Crippen LogP contribution in [0.5, 0.6) is 0 Å². The second-order valence-electron chi connectivity index (χ2n) is 10.9. The lowest BCUT2D eigenvalue weighted by atomic mass is 9.83. The first kappa shape index (κ1) is 26.0. The summed E-state index contributed by atoms with van der Waals surface area (Å²) in [5.74, 6) is 0.303. The van der Waals surface area contributed by atoms with Crippen LogP contribution in [0.25, 0.3) is 0 Å². The molecule has 1 aliphatic rings. The van der Waals surface area contributed by atoms with E-state index in [0.717, 1.165) is 12.3 Å². The maximum atomic E-state index is 12.9. The molecule has 0 unspecified atom stereocenters. The molecule has 6 nitrogen and oxygen atoms in total. The van der Waals surface area contributed by atoms with Gasteiger partial charge in [-0.15, -0.1) is 0 Å². The van der Waals surface area contributed by atoms with E-state index in [4.69, 9.17) is 9.16 Å². The molecule has 0 saturated heterocycles. The standard InChI is InChI=1S/C22H44N2O4Si/c1-17(19(25)28-21(2,3)4)23-20(26)24(14-13-18-11-10-12-18)15-16-27-29(8,9)22(5,6)7/h17-18H,10-16H2,1-9H3,(H,23,26)/t17-/m0/s1. The maximum Gasteiger partial charge on any atom is 0.328 e. The molecule has 1 N–H and O–H groups in total. The highest BCUT2D eigenvalue weighted by Crippen LogP contribution is 2.36. The van der Waals surface area contributed by atoms with Crippen LogP contribution in [-0.2, 0) is 14.0 Å². The number of amides is 2. The zero-order chi connectivity index (χ0) is 22.5. The van der Waals surface area contributed by atoms with Crippen LogP contribution in [0.2, 0.25) is 18.1 Å². The Balaban J connectivity index is 2.64. The highest BCUT2D eigenvalue weighted by atomic mass is 28.4. The Morgan fingerprint density at radius 1 is 1.10 bits per heavy atom. The summed E-state index contributed by atoms with van der Waals surface area (Å²) in [4.78, 5) is 26.9. The summed E-state index contributed by atoms with van der Waals surface area (Å²) in [6.07, 6.45) is 4.81. The third-order valence-electron chi connectivity index (χ3n) is 6.05. The van der Waals surface area contributed by atoms with Gasteiger partial charge in [-0.1, -0.05) is 40.0 Å². The van der Waals surface area contributed by atoms with Gasteiger partial charge in [0.05, 0.1) is 6.61 Å². The van der Waals surface area contributed by atoms with Crippen LogP contribution in [0.3, 0.4) is 0 Å². The van der Waals surface area contributed by atoms with Crippen LogP contribution in [0.15, 0.2) is 0 Å². The summed E-state index contributed by atoms with van der Waals surface area (Å²) in [6.45, 7) is 20.0. The molecule has 1 rings (SSSR count). The Kier molecular flexibility index (Phi) is 9.21. The van der Waals surface area contributed by atoms with Crippen LogP contribution < -0.4 is 5.32 Å². The molecule has 0 aromatic heterocycles. The van der Waals surface area contributed by atoms with Crippen molar-refractivity contribution in [2.45, 2.75) is 104 Å². The SMILES string of the molecule is C[C@H](NC(=O)N(CCO[Si](C)(C)C(C)(C)C)CCC1CCC1)C(=O)OC(C)(C)C. The first-order chi connectivity index (χ1) is 13.1. The van der Waals surface area contributed by atoms with Crippen molar-refractivity contribution in [1.82, 2.24) is 10.2 Å². The lowest BCUT2D eigenvalue weighted by molar-refractivity contribution is -0.156. The number of urea groups is 1. The summed E-state index contributed by atoms with van der Waals surface area (Å²) in [7, 11) is -1.86. The Bertz CT molecular complexity index is 548. The second-order valence-corrected chi connectivity index (χ2v) is 15.7. The Morgan fingerprint density at radius 3 is 2.14 bits per heavy atom. The third kappa shape index (κ3) is 9.07. The van der Waals surface area contributed by atoms with Gasteiger partial charge in [0.2, 0.25) is 0 Å². The highest BCUT2D eigenvalue weighted by Gasteiger charge is 2.37. The Hall–Kier alpha value is -1.08. The second kappa shape index (κ2) is 10.3. The molecule has 1 atom stereocenters. The molecule has 170 valence electrons. The van der Waals surface area contributed by atoms with E-state index in [1.54, 1.807) is 11.8 Å². The first-order valence-corrected chi connectivity index (χ1v) is 14.0. The average Bonchev–Trinajstić information content (AvgIpc) is 2.48. The van der Waals surface area contributed by atoms with Crippen molar-refractivity contribution >= 4 is 20.3 Å². The number of nitrogens with zero attached hydrogens (tertiary/aromatic N) is 1. The van der Waals surface area contributed by atoms with E-state index in [-0.39, 0.29) is 11.1 Å². The van der Waals surface area contributed by atoms with E-state index in [2.05, 4.69) is 39.2 Å². The summed E-state index contributed by atoms with van der Waals surface area (Å²) in [5, 5.41) is 2.94. The number of carbonyl (C=O) groups is 2. The quantitative estimate of drug-likeness (QED) is 0.417. The van der Waals surface area contributed by atoms with Crippen molar-refractivity contribution < 1.29 is 18.8 Å². The van der Waals surface area contributed by atoms with Crippen LogP contribution in [0.1, 0.15) is 74.1 Å². The molecule has 2 amide bonds. The van der Waals surface area contributed by atoms with Gasteiger partial charge in [0.25, 0.3) is 0 Å². The number of hydrogen-bond donors (Lipinski definition) is 1. The van der Waals surface area contributed by atoms with Crippen LogP contribution >= 0.6 is 0 Å². The van der Waals surface area contributed by atoms with Crippen molar-refractivity contribution in [1.29, 1.82) is 0 Å². The number of hydrogen-bond acceptors (Lipinski definition) is 4. The molecular weight excluding hydrogens is 384 g/mol. The van der Waals surface area contributed by atoms with Crippen molar-refractivity contribution in [3.63, 3.8) is 0 Å². The molecule has 0 radical (unpaired) electrons. The number of ether oxygens (including phenoxy) is 1. The molecule has 0 bridgehead atoms. The van der Waals surface area contributed by atoms with Gasteiger partial charge in [0.1, 0.15) is 11.6 Å². The Morgan fingerprint density at radius 2 is 1.69 bits per heavy atom. The fourth-order valence-electron chi connectivity index (χ4n) is 2.79. The van der Waals surface area contributed by atoms with Crippen LogP contribution in [0, 0.1) is 5.92 Å². The maximum absolute atomic E-state index is 12.9. The van der Waals surface area contributed by atoms with Crippen molar-refractivity contribution in [2.75, 3.05) is 19.7 Å². The van der Waals surface area contributed by atoms with Gasteiger partial charge < -0.3 is 19.4 Å². The molecule has 1 fully saturated rings. The van der Waals surface area contributed by atoms with E-state index >= 15 is 0 Å². The highest BCUT2D eigenvalue weighted by molar-refractivity contribution is 6.74. The van der Waals surface area contributed by atoms with Crippen molar-refractivity contribution in [2.24, 2.45) is 5.92 Å². The molecule has 0 heterocycles. The predicted molar refractivity (Wildman–Crippen MR) is 121 cm³/mol. The van der Waals surface area contributed by atoms with Crippen molar-refractivity contribution in [3.8, 4) is 0 Å². The molecule has 1 saturated carbocycles. The van der Waals surface area contributed by atoms with E-state index in [0.29, 0.717) is 19.7 Å². The largest absolute Gasteiger partial charge is 0.458 e. The summed E-state index contributed by atoms with van der Waals surface area (Å²) in [6, 6.07) is -0.907. The smallest absolute Gasteiger partial charge is 0.328 e. The van der Waals surface area contributed by atoms with Gasteiger partial charge in [0.15, 0.2) is 8.32 Å². The zero-order valence-electron chi connectivity index (χ0n) is 20.2. The number of esters is 1. The molecule has 0 aliphatic heterocycles. The lowest BCUT2D eigenvalue weighted by Crippen LogP contribution is -2.50. The average molecular weight is 429 g/mol. The monoisotopic (exact) mass is 428 g/mol. The minimum absolute atomic E-state index is 0.136. The minimum Gasteiger partial charge on any atom is -0.458 e. The predicted octanol–water partition coefficient (Wildman–Crippen LogP) is 4.94. The van der Waals surface area contributed by atoms with Gasteiger partial charge in [-0.3, -0.25) is 0 Å². The topological polar surface area (TPSA) is 67.9 Å². The summed E-state index contributed by atoms with van der Waals surface area (Å²) in [5.41, 5.74) is -0.572. The van der Waals surface area contributed by atoms with Gasteiger partial charge in [-0.2, -0.15) is 0 Å². The summed E-state index contributed by atoms with van der Waals surface area (Å²) >= 11 is 0. The normalized spacial score (nSPS) is 16.7. The molecule has 1 aliphatic carbocycles. The lowest BCUT2D eigenvalue weighted by Gasteiger charge is -2.37. The van der Waals surface area contributed by atoms with E-state index in [1.165, 1.54) is 19.3 Å². The summed E-state index contributed by atoms with van der Waals surface area (Å²) < 4.78 is 11.6. The van der Waals surface area contributed by atoms with E-state index in [1.807, 2.05) is 20.8 Å². The van der Waals surface area contributed by atoms with Gasteiger partial charge in [0, 0.05) is 13.1 Å². The van der Waals surface area contributed by atoms with Crippen LogP contribution in [0.4, 0.5) is 4.79 Å². The van der Waals surface area contributed by atoms with E-state index in [9.17, 15) is 9.59 Å². The number of nitrogens with one attached hydrogen (secondary N) is 1. The molecule has 0 aromatic carbocycles. The van der Waals surface area contributed by atoms with Crippen molar-refractivity contribution in [3.05, 3.63) is 0 Å².